The minimum absolute atomic E-state index is 0.137. The number of aliphatic hydroxyl groups is 1. The number of likely N-dealkylation sites (N-methyl/N-ethyl adjacent to an activating group) is 1. The van der Waals surface area contributed by atoms with Gasteiger partial charge in [0.1, 0.15) is 5.82 Å². The molecule has 2 aromatic rings. The van der Waals surface area contributed by atoms with Crippen LogP contribution in [0.4, 0.5) is 0 Å². The summed E-state index contributed by atoms with van der Waals surface area (Å²) in [5.74, 6) is 0.600. The number of aliphatic hydroxyl groups excluding tert-OH is 1. The second-order valence-corrected chi connectivity index (χ2v) is 6.68. The highest BCUT2D eigenvalue weighted by Crippen LogP contribution is 2.12. The molecule has 3 rings (SSSR count). The number of benzene rings is 1. The van der Waals surface area contributed by atoms with Gasteiger partial charge < -0.3 is 19.6 Å². The van der Waals surface area contributed by atoms with E-state index in [1.807, 2.05) is 30.0 Å². The maximum Gasteiger partial charge on any atom is 0.258 e. The summed E-state index contributed by atoms with van der Waals surface area (Å²) in [6, 6.07) is 7.28. The van der Waals surface area contributed by atoms with Crippen LogP contribution in [0, 0.1) is 0 Å². The monoisotopic (exact) mass is 361 g/mol. The first-order valence-corrected chi connectivity index (χ1v) is 9.23. The first-order chi connectivity index (χ1) is 12.7. The number of aromatic nitrogens is 2. The van der Waals surface area contributed by atoms with Gasteiger partial charge in [-0.15, -0.1) is 0 Å². The summed E-state index contributed by atoms with van der Waals surface area (Å²) < 4.78 is 11.1. The van der Waals surface area contributed by atoms with E-state index < -0.39 is 6.10 Å². The predicted octanol–water partition coefficient (Wildman–Crippen LogP) is 1.30. The molecule has 142 valence electrons. The molecule has 1 fully saturated rings. The van der Waals surface area contributed by atoms with Gasteiger partial charge in [-0.1, -0.05) is 19.1 Å². The zero-order valence-electron chi connectivity index (χ0n) is 15.2. The van der Waals surface area contributed by atoms with E-state index in [9.17, 15) is 9.90 Å². The molecular formula is C19H27N3O4. The smallest absolute Gasteiger partial charge is 0.258 e. The van der Waals surface area contributed by atoms with Crippen LogP contribution in [0.3, 0.4) is 0 Å². The number of nitrogens with zero attached hydrogens (tertiary/aromatic N) is 2. The Hall–Kier alpha value is -1.80. The Labute approximate surface area is 153 Å². The average Bonchev–Trinajstić information content (AvgIpc) is 3.14. The highest BCUT2D eigenvalue weighted by Gasteiger charge is 2.17. The Morgan fingerprint density at radius 3 is 3.08 bits per heavy atom. The van der Waals surface area contributed by atoms with Crippen LogP contribution in [0.25, 0.3) is 10.9 Å². The first kappa shape index (κ1) is 19.0. The summed E-state index contributed by atoms with van der Waals surface area (Å²) in [5, 5.41) is 10.8. The van der Waals surface area contributed by atoms with Crippen LogP contribution < -0.4 is 5.56 Å². The number of para-hydroxylation sites is 1. The lowest BCUT2D eigenvalue weighted by Crippen LogP contribution is -2.36. The van der Waals surface area contributed by atoms with Crippen molar-refractivity contribution in [1.82, 2.24) is 14.9 Å². The van der Waals surface area contributed by atoms with Crippen LogP contribution in [0.1, 0.15) is 25.6 Å². The molecule has 2 atom stereocenters. The molecule has 1 aliphatic rings. The third kappa shape index (κ3) is 5.11. The third-order valence-corrected chi connectivity index (χ3v) is 4.59. The molecule has 7 nitrogen and oxygen atoms in total. The highest BCUT2D eigenvalue weighted by atomic mass is 16.5. The van der Waals surface area contributed by atoms with Crippen LogP contribution in [0.2, 0.25) is 0 Å². The van der Waals surface area contributed by atoms with Crippen LogP contribution in [-0.4, -0.2) is 65.1 Å². The standard InChI is InChI=1S/C19H27N3O4/c1-2-22(10-14(23)12-25-13-15-6-5-9-26-15)11-18-20-17-8-4-3-7-16(17)19(24)21-18/h3-4,7-8,14-15,23H,2,5-6,9-13H2,1H3,(H,20,21,24)/t14-,15-/m1/s1. The fourth-order valence-corrected chi connectivity index (χ4v) is 3.19. The molecule has 0 aliphatic carbocycles. The third-order valence-electron chi connectivity index (χ3n) is 4.59. The van der Waals surface area contributed by atoms with Gasteiger partial charge in [0, 0.05) is 13.2 Å². The zero-order chi connectivity index (χ0) is 18.4. The van der Waals surface area contributed by atoms with Gasteiger partial charge in [-0.05, 0) is 31.5 Å². The van der Waals surface area contributed by atoms with E-state index >= 15 is 0 Å². The van der Waals surface area contributed by atoms with E-state index in [1.165, 1.54) is 0 Å². The maximum atomic E-state index is 12.2. The number of H-pyrrole nitrogens is 1. The average molecular weight is 361 g/mol. The van der Waals surface area contributed by atoms with E-state index in [0.29, 0.717) is 36.4 Å². The second-order valence-electron chi connectivity index (χ2n) is 6.68. The molecule has 0 radical (unpaired) electrons. The van der Waals surface area contributed by atoms with Crippen molar-refractivity contribution >= 4 is 10.9 Å². The lowest BCUT2D eigenvalue weighted by atomic mass is 10.2. The summed E-state index contributed by atoms with van der Waals surface area (Å²) in [5.41, 5.74) is 0.546. The van der Waals surface area contributed by atoms with Gasteiger partial charge in [0.05, 0.1) is 42.9 Å². The van der Waals surface area contributed by atoms with Gasteiger partial charge in [-0.25, -0.2) is 4.98 Å². The van der Waals surface area contributed by atoms with Crippen molar-refractivity contribution in [1.29, 1.82) is 0 Å². The molecule has 26 heavy (non-hydrogen) atoms. The predicted molar refractivity (Wildman–Crippen MR) is 99.1 cm³/mol. The molecule has 0 bridgehead atoms. The van der Waals surface area contributed by atoms with Crippen molar-refractivity contribution in [2.45, 2.75) is 38.5 Å². The molecule has 0 unspecified atom stereocenters. The highest BCUT2D eigenvalue weighted by molar-refractivity contribution is 5.77. The number of aromatic amines is 1. The zero-order valence-corrected chi connectivity index (χ0v) is 15.2. The van der Waals surface area contributed by atoms with E-state index in [-0.39, 0.29) is 18.3 Å². The molecule has 0 saturated carbocycles. The van der Waals surface area contributed by atoms with Gasteiger partial charge >= 0.3 is 0 Å². The Kier molecular flexibility index (Phi) is 6.73. The van der Waals surface area contributed by atoms with E-state index in [4.69, 9.17) is 9.47 Å². The fraction of sp³-hybridized carbons (Fsp3) is 0.579. The van der Waals surface area contributed by atoms with E-state index in [0.717, 1.165) is 26.0 Å². The van der Waals surface area contributed by atoms with Crippen molar-refractivity contribution in [3.8, 4) is 0 Å². The Morgan fingerprint density at radius 2 is 2.31 bits per heavy atom. The van der Waals surface area contributed by atoms with E-state index in [2.05, 4.69) is 9.97 Å². The molecule has 7 heteroatoms. The number of ether oxygens (including phenoxy) is 2. The molecule has 0 spiro atoms. The largest absolute Gasteiger partial charge is 0.389 e. The lowest BCUT2D eigenvalue weighted by Gasteiger charge is -2.23. The van der Waals surface area contributed by atoms with Gasteiger partial charge in [0.2, 0.25) is 0 Å². The summed E-state index contributed by atoms with van der Waals surface area (Å²) in [7, 11) is 0. The summed E-state index contributed by atoms with van der Waals surface area (Å²) in [6.07, 6.45) is 1.68. The van der Waals surface area contributed by atoms with Gasteiger partial charge in [0.15, 0.2) is 0 Å². The van der Waals surface area contributed by atoms with Crippen molar-refractivity contribution in [2.75, 3.05) is 32.9 Å². The molecule has 2 heterocycles. The Balaban J connectivity index is 1.52. The summed E-state index contributed by atoms with van der Waals surface area (Å²) >= 11 is 0. The Morgan fingerprint density at radius 1 is 1.46 bits per heavy atom. The second kappa shape index (κ2) is 9.23. The number of hydrogen-bond acceptors (Lipinski definition) is 6. The quantitative estimate of drug-likeness (QED) is 0.700. The van der Waals surface area contributed by atoms with E-state index in [1.54, 1.807) is 6.07 Å². The molecule has 1 aromatic carbocycles. The van der Waals surface area contributed by atoms with Crippen LogP contribution in [-0.2, 0) is 16.0 Å². The fourth-order valence-electron chi connectivity index (χ4n) is 3.19. The molecule has 1 aromatic heterocycles. The van der Waals surface area contributed by atoms with Crippen molar-refractivity contribution in [3.05, 3.63) is 40.4 Å². The summed E-state index contributed by atoms with van der Waals surface area (Å²) in [6.45, 7) is 5.29. The normalized spacial score (nSPS) is 18.7. The number of nitrogens with one attached hydrogen (secondary N) is 1. The number of rotatable bonds is 9. The minimum Gasteiger partial charge on any atom is -0.389 e. The number of fused-ring (bicyclic) bond motifs is 1. The van der Waals surface area contributed by atoms with Crippen LogP contribution in [0.5, 0.6) is 0 Å². The topological polar surface area (TPSA) is 87.7 Å². The Bertz CT molecular complexity index is 758. The minimum atomic E-state index is -0.594. The number of hydrogen-bond donors (Lipinski definition) is 2. The van der Waals surface area contributed by atoms with Gasteiger partial charge in [0.25, 0.3) is 5.56 Å². The van der Waals surface area contributed by atoms with Crippen LogP contribution in [0.15, 0.2) is 29.1 Å². The lowest BCUT2D eigenvalue weighted by molar-refractivity contribution is -0.0255. The van der Waals surface area contributed by atoms with Crippen LogP contribution >= 0.6 is 0 Å². The summed E-state index contributed by atoms with van der Waals surface area (Å²) in [4.78, 5) is 21.5. The SMILES string of the molecule is CCN(Cc1nc2ccccc2c(=O)[nH]1)C[C@@H](O)COC[C@H]1CCCO1. The van der Waals surface area contributed by atoms with Gasteiger partial charge in [-0.3, -0.25) is 9.69 Å². The van der Waals surface area contributed by atoms with Gasteiger partial charge in [-0.2, -0.15) is 0 Å². The molecule has 1 saturated heterocycles. The molecular weight excluding hydrogens is 334 g/mol. The first-order valence-electron chi connectivity index (χ1n) is 9.23. The molecule has 2 N–H and O–H groups in total. The van der Waals surface area contributed by atoms with Crippen molar-refractivity contribution < 1.29 is 14.6 Å². The molecule has 0 amide bonds. The molecule has 1 aliphatic heterocycles. The van der Waals surface area contributed by atoms with Crippen molar-refractivity contribution in [2.24, 2.45) is 0 Å². The van der Waals surface area contributed by atoms with Crippen molar-refractivity contribution in [3.63, 3.8) is 0 Å². The maximum absolute atomic E-state index is 12.2.